The number of amides is 1. The van der Waals surface area contributed by atoms with Crippen LogP contribution in [0.4, 0.5) is 5.69 Å². The Balaban J connectivity index is 1.26. The number of ketones is 1. The summed E-state index contributed by atoms with van der Waals surface area (Å²) in [4.78, 5) is 41.5. The molecule has 1 amide bonds. The molecule has 4 aliphatic rings. The molecule has 10 bridgehead atoms. The number of aromatic nitrogens is 3. The number of fused-ring (bicyclic) bond motifs is 7. The largest absolute Gasteiger partial charge is 0.469 e. The number of rotatable bonds is 6. The van der Waals surface area contributed by atoms with Gasteiger partial charge in [-0.25, -0.2) is 9.97 Å². The minimum Gasteiger partial charge on any atom is -0.469 e. The van der Waals surface area contributed by atoms with Crippen LogP contribution in [0.5, 0.6) is 5.75 Å². The van der Waals surface area contributed by atoms with Crippen molar-refractivity contribution in [3.8, 4) is 39.8 Å². The molecule has 0 radical (unpaired) electrons. The molecular weight excluding hydrogens is 668 g/mol. The van der Waals surface area contributed by atoms with Crippen molar-refractivity contribution in [3.05, 3.63) is 95.3 Å². The number of hydrogen-bond donors (Lipinski definition) is 4. The molecule has 6 aromatic rings. The maximum Gasteiger partial charge on any atom is 0.249 e. The Labute approximate surface area is 305 Å². The summed E-state index contributed by atoms with van der Waals surface area (Å²) in [5.41, 5.74) is 7.07. The van der Waals surface area contributed by atoms with Crippen LogP contribution < -0.4 is 20.7 Å². The number of anilines is 1. The smallest absolute Gasteiger partial charge is 0.249 e. The van der Waals surface area contributed by atoms with Crippen LogP contribution in [-0.2, 0) is 21.4 Å². The van der Waals surface area contributed by atoms with Gasteiger partial charge in [0.1, 0.15) is 17.2 Å². The Morgan fingerprint density at radius 1 is 1.00 bits per heavy atom. The zero-order valence-electron chi connectivity index (χ0n) is 30.2. The molecule has 1 spiro atoms. The molecule has 2 unspecified atom stereocenters. The van der Waals surface area contributed by atoms with Crippen molar-refractivity contribution in [3.63, 3.8) is 0 Å². The number of H-pyrrole nitrogens is 1. The molecule has 5 atom stereocenters. The molecule has 11 heteroatoms. The minimum atomic E-state index is -1.01. The van der Waals surface area contributed by atoms with Gasteiger partial charge in [-0.3, -0.25) is 9.59 Å². The number of oxazole rings is 2. The van der Waals surface area contributed by atoms with E-state index in [9.17, 15) is 9.59 Å². The first-order chi connectivity index (χ1) is 25.7. The zero-order chi connectivity index (χ0) is 36.3. The van der Waals surface area contributed by atoms with Gasteiger partial charge < -0.3 is 34.5 Å². The SMILES string of the molecule is CN[C@H](C(=O)CC1Cc2ccc3c(c2)C24c5cccc(c5N[C@H]2O3)-c2cccc3[nH]cc(c23)-c2cnc(o2)-c2nc(oc24)[C@H](C(C)C)NC1=O)C(C)C. The second-order valence-corrected chi connectivity index (χ2v) is 15.5. The summed E-state index contributed by atoms with van der Waals surface area (Å²) in [5, 5.41) is 11.3. The summed E-state index contributed by atoms with van der Waals surface area (Å²) in [7, 11) is 1.79. The van der Waals surface area contributed by atoms with Gasteiger partial charge in [-0.1, -0.05) is 70.2 Å². The predicted molar refractivity (Wildman–Crippen MR) is 199 cm³/mol. The molecule has 3 aromatic heterocycles. The molecule has 53 heavy (non-hydrogen) atoms. The van der Waals surface area contributed by atoms with Crippen molar-refractivity contribution in [1.82, 2.24) is 25.6 Å². The van der Waals surface area contributed by atoms with E-state index in [1.54, 1.807) is 13.2 Å². The molecule has 268 valence electrons. The molecule has 10 rings (SSSR count). The molecular formula is C42H40N6O5. The molecule has 0 fully saturated rings. The number of nitrogens with one attached hydrogen (secondary N) is 4. The summed E-state index contributed by atoms with van der Waals surface area (Å²) < 4.78 is 20.5. The highest BCUT2D eigenvalue weighted by Gasteiger charge is 2.61. The van der Waals surface area contributed by atoms with E-state index in [0.717, 1.165) is 50.0 Å². The van der Waals surface area contributed by atoms with Crippen molar-refractivity contribution in [1.29, 1.82) is 0 Å². The number of likely N-dealkylation sites (N-methyl/N-ethyl adjacent to an activating group) is 1. The lowest BCUT2D eigenvalue weighted by molar-refractivity contribution is -0.131. The van der Waals surface area contributed by atoms with E-state index in [4.69, 9.17) is 23.5 Å². The molecule has 3 aromatic carbocycles. The van der Waals surface area contributed by atoms with Gasteiger partial charge in [-0.15, -0.1) is 0 Å². The maximum absolute atomic E-state index is 14.4. The Morgan fingerprint density at radius 2 is 1.83 bits per heavy atom. The normalized spacial score (nSPS) is 22.5. The van der Waals surface area contributed by atoms with E-state index in [-0.39, 0.29) is 36.0 Å². The number of para-hydroxylation sites is 1. The second-order valence-electron chi connectivity index (χ2n) is 15.5. The number of hydrogen-bond acceptors (Lipinski definition) is 9. The Hall–Kier alpha value is -5.68. The minimum absolute atomic E-state index is 0.00412. The van der Waals surface area contributed by atoms with Gasteiger partial charge in [0.2, 0.25) is 17.7 Å². The van der Waals surface area contributed by atoms with Crippen LogP contribution in [0.25, 0.3) is 44.9 Å². The first-order valence-electron chi connectivity index (χ1n) is 18.5. The van der Waals surface area contributed by atoms with Crippen LogP contribution in [0.15, 0.2) is 75.8 Å². The van der Waals surface area contributed by atoms with E-state index < -0.39 is 23.6 Å². The quantitative estimate of drug-likeness (QED) is 0.142. The lowest BCUT2D eigenvalue weighted by atomic mass is 9.72. The fourth-order valence-corrected chi connectivity index (χ4v) is 9.21. The van der Waals surface area contributed by atoms with E-state index in [1.807, 2.05) is 46.0 Å². The third-order valence-corrected chi connectivity index (χ3v) is 11.7. The van der Waals surface area contributed by atoms with Gasteiger partial charge in [0.15, 0.2) is 29.2 Å². The van der Waals surface area contributed by atoms with Crippen LogP contribution >= 0.6 is 0 Å². The highest BCUT2D eigenvalue weighted by molar-refractivity contribution is 6.07. The average Bonchev–Trinajstić information content (AvgIpc) is 3.96. The summed E-state index contributed by atoms with van der Waals surface area (Å²) in [6.07, 6.45) is 3.54. The monoisotopic (exact) mass is 708 g/mol. The summed E-state index contributed by atoms with van der Waals surface area (Å²) >= 11 is 0. The Bertz CT molecular complexity index is 2490. The average molecular weight is 709 g/mol. The number of aromatic amines is 1. The van der Waals surface area contributed by atoms with Crippen molar-refractivity contribution < 1.29 is 23.2 Å². The molecule has 11 nitrogen and oxygen atoms in total. The van der Waals surface area contributed by atoms with E-state index >= 15 is 0 Å². The lowest BCUT2D eigenvalue weighted by Gasteiger charge is -2.29. The summed E-state index contributed by atoms with van der Waals surface area (Å²) in [6, 6.07) is 17.7. The van der Waals surface area contributed by atoms with Gasteiger partial charge in [0.05, 0.1) is 12.2 Å². The van der Waals surface area contributed by atoms with Crippen molar-refractivity contribution in [2.45, 2.75) is 64.3 Å². The van der Waals surface area contributed by atoms with Gasteiger partial charge >= 0.3 is 0 Å². The van der Waals surface area contributed by atoms with Gasteiger partial charge in [0, 0.05) is 57.4 Å². The fourth-order valence-electron chi connectivity index (χ4n) is 9.21. The summed E-state index contributed by atoms with van der Waals surface area (Å²) in [5.74, 6) is 1.58. The number of nitrogens with zero attached hydrogens (tertiary/aromatic N) is 2. The Morgan fingerprint density at radius 3 is 2.64 bits per heavy atom. The molecule has 0 saturated heterocycles. The van der Waals surface area contributed by atoms with Crippen molar-refractivity contribution in [2.75, 3.05) is 12.4 Å². The highest BCUT2D eigenvalue weighted by atomic mass is 16.5. The topological polar surface area (TPSA) is 147 Å². The van der Waals surface area contributed by atoms with Crippen LogP contribution in [0, 0.1) is 17.8 Å². The van der Waals surface area contributed by atoms with Crippen molar-refractivity contribution in [2.24, 2.45) is 17.8 Å². The van der Waals surface area contributed by atoms with Crippen molar-refractivity contribution >= 4 is 28.3 Å². The second kappa shape index (κ2) is 11.4. The third-order valence-electron chi connectivity index (χ3n) is 11.7. The number of carbonyl (C=O) groups is 2. The van der Waals surface area contributed by atoms with E-state index in [1.165, 1.54) is 0 Å². The lowest BCUT2D eigenvalue weighted by Crippen LogP contribution is -2.43. The van der Waals surface area contributed by atoms with Crippen LogP contribution in [0.3, 0.4) is 0 Å². The van der Waals surface area contributed by atoms with Gasteiger partial charge in [-0.05, 0) is 48.6 Å². The first-order valence-corrected chi connectivity index (χ1v) is 18.5. The highest BCUT2D eigenvalue weighted by Crippen LogP contribution is 2.61. The molecule has 0 saturated carbocycles. The number of carbonyl (C=O) groups excluding carboxylic acids is 2. The Kier molecular flexibility index (Phi) is 6.89. The molecule has 4 N–H and O–H groups in total. The number of Topliss-reactive ketones (excluding diaryl/α,β-unsaturated/α-hetero) is 1. The van der Waals surface area contributed by atoms with Gasteiger partial charge in [-0.2, -0.15) is 0 Å². The maximum atomic E-state index is 14.4. The fraction of sp³-hybridized carbons (Fsp3) is 0.333. The zero-order valence-corrected chi connectivity index (χ0v) is 30.2. The first kappa shape index (κ1) is 32.0. The summed E-state index contributed by atoms with van der Waals surface area (Å²) in [6.45, 7) is 8.07. The molecule has 0 aliphatic carbocycles. The standard InChI is InChI=1S/C42H40N6O5/c1-19(2)33(43-5)29(49)16-22-14-21-12-13-30-27(15-21)42-26-10-6-9-24(35(26)48-41(42)52-30)23-8-7-11-28-32(23)25(17-44-28)31-18-45-39(51-31)36-37(42)53-40(47-36)34(20(3)4)46-38(22)50/h6-13,15,17-20,22,33-34,41,43-44,48H,14,16H2,1-5H3,(H,46,50)/t22?,33-,34-,41-,42?/m0/s1. The van der Waals surface area contributed by atoms with Crippen LogP contribution in [-0.4, -0.2) is 46.0 Å². The number of ether oxygens (including phenoxy) is 1. The van der Waals surface area contributed by atoms with Crippen LogP contribution in [0.1, 0.15) is 68.5 Å². The molecule has 4 aliphatic heterocycles. The molecule has 7 heterocycles. The van der Waals surface area contributed by atoms with E-state index in [2.05, 4.69) is 63.4 Å². The predicted octanol–water partition coefficient (Wildman–Crippen LogP) is 7.13. The third kappa shape index (κ3) is 4.43. The number of benzene rings is 3. The van der Waals surface area contributed by atoms with Crippen LogP contribution in [0.2, 0.25) is 0 Å². The van der Waals surface area contributed by atoms with E-state index in [0.29, 0.717) is 41.2 Å². The van der Waals surface area contributed by atoms with Gasteiger partial charge in [0.25, 0.3) is 0 Å².